The van der Waals surface area contributed by atoms with Gasteiger partial charge in [0.05, 0.1) is 21.3 Å². The molecule has 1 fully saturated rings. The molecule has 0 spiro atoms. The van der Waals surface area contributed by atoms with Crippen LogP contribution in [-0.4, -0.2) is 52.4 Å². The molecular formula is C23H26N2O6. The van der Waals surface area contributed by atoms with Gasteiger partial charge in [0.25, 0.3) is 11.8 Å². The first-order valence-electron chi connectivity index (χ1n) is 10.2. The largest absolute Gasteiger partial charge is 0.493 e. The van der Waals surface area contributed by atoms with Crippen LogP contribution in [0.3, 0.4) is 0 Å². The molecule has 8 heteroatoms. The zero-order valence-electron chi connectivity index (χ0n) is 17.9. The van der Waals surface area contributed by atoms with Gasteiger partial charge < -0.3 is 29.2 Å². The Balaban J connectivity index is 1.56. The highest BCUT2D eigenvalue weighted by molar-refractivity contribution is 6.06. The number of methoxy groups -OCH3 is 3. The smallest absolute Gasteiger partial charge is 0.256 e. The predicted octanol–water partition coefficient (Wildman–Crippen LogP) is 3.03. The topological polar surface area (TPSA) is 86.3 Å². The number of rotatable bonds is 6. The molecule has 1 saturated heterocycles. The molecule has 8 nitrogen and oxygen atoms in total. The highest BCUT2D eigenvalue weighted by atomic mass is 16.5. The van der Waals surface area contributed by atoms with E-state index in [-0.39, 0.29) is 17.9 Å². The van der Waals surface area contributed by atoms with Crippen LogP contribution in [0.5, 0.6) is 17.2 Å². The van der Waals surface area contributed by atoms with Crippen LogP contribution in [-0.2, 0) is 16.0 Å². The van der Waals surface area contributed by atoms with Gasteiger partial charge in [-0.05, 0) is 49.1 Å². The summed E-state index contributed by atoms with van der Waals surface area (Å²) in [5.74, 6) is 0.879. The van der Waals surface area contributed by atoms with E-state index in [2.05, 4.69) is 5.32 Å². The zero-order valence-corrected chi connectivity index (χ0v) is 17.9. The van der Waals surface area contributed by atoms with E-state index in [0.29, 0.717) is 41.7 Å². The second-order valence-electron chi connectivity index (χ2n) is 7.45. The Morgan fingerprint density at radius 1 is 1.06 bits per heavy atom. The number of hydrogen-bond donors (Lipinski definition) is 1. The van der Waals surface area contributed by atoms with Gasteiger partial charge >= 0.3 is 0 Å². The molecule has 2 heterocycles. The van der Waals surface area contributed by atoms with Gasteiger partial charge in [-0.1, -0.05) is 6.07 Å². The van der Waals surface area contributed by atoms with Gasteiger partial charge in [0.2, 0.25) is 5.75 Å². The van der Waals surface area contributed by atoms with Crippen molar-refractivity contribution in [3.05, 3.63) is 41.5 Å². The van der Waals surface area contributed by atoms with Crippen molar-refractivity contribution < 1.29 is 28.5 Å². The van der Waals surface area contributed by atoms with Crippen LogP contribution in [0.4, 0.5) is 11.4 Å². The van der Waals surface area contributed by atoms with Crippen molar-refractivity contribution in [2.45, 2.75) is 25.4 Å². The average Bonchev–Trinajstić information content (AvgIpc) is 3.47. The summed E-state index contributed by atoms with van der Waals surface area (Å²) in [4.78, 5) is 27.5. The molecule has 0 radical (unpaired) electrons. The maximum atomic E-state index is 12.9. The van der Waals surface area contributed by atoms with Crippen molar-refractivity contribution in [3.8, 4) is 17.2 Å². The Labute approximate surface area is 181 Å². The molecule has 2 amide bonds. The number of nitrogens with zero attached hydrogens (tertiary/aromatic N) is 1. The second-order valence-corrected chi connectivity index (χ2v) is 7.45. The molecule has 2 aromatic rings. The Bertz CT molecular complexity index is 975. The molecule has 0 saturated carbocycles. The first-order valence-corrected chi connectivity index (χ1v) is 10.2. The van der Waals surface area contributed by atoms with E-state index in [1.165, 1.54) is 21.3 Å². The molecule has 2 aromatic carbocycles. The number of carbonyl (C=O) groups is 2. The van der Waals surface area contributed by atoms with Crippen molar-refractivity contribution in [1.29, 1.82) is 0 Å². The minimum atomic E-state index is -0.372. The maximum absolute atomic E-state index is 12.9. The third-order valence-electron chi connectivity index (χ3n) is 5.64. The molecule has 1 unspecified atom stereocenters. The third-order valence-corrected chi connectivity index (χ3v) is 5.64. The maximum Gasteiger partial charge on any atom is 0.256 e. The van der Waals surface area contributed by atoms with E-state index < -0.39 is 0 Å². The zero-order chi connectivity index (χ0) is 22.0. The second kappa shape index (κ2) is 8.85. The number of ether oxygens (including phenoxy) is 4. The summed E-state index contributed by atoms with van der Waals surface area (Å²) in [6.07, 6.45) is 2.07. The molecule has 1 N–H and O–H groups in total. The fraction of sp³-hybridized carbons (Fsp3) is 0.391. The number of amides is 2. The predicted molar refractivity (Wildman–Crippen MR) is 116 cm³/mol. The monoisotopic (exact) mass is 426 g/mol. The standard InChI is InChI=1S/C23H26N2O6/c1-28-19-11-15(12-20(29-2)21(19)30-3)22(26)24-16-7-6-14-8-9-25(17(14)13-16)23(27)18-5-4-10-31-18/h6-7,11-13,18H,4-5,8-10H2,1-3H3,(H,24,26). The van der Waals surface area contributed by atoms with Gasteiger partial charge in [0.1, 0.15) is 6.10 Å². The summed E-state index contributed by atoms with van der Waals surface area (Å²) in [6, 6.07) is 8.82. The molecule has 0 bridgehead atoms. The van der Waals surface area contributed by atoms with Crippen molar-refractivity contribution >= 4 is 23.2 Å². The summed E-state index contributed by atoms with van der Waals surface area (Å²) in [7, 11) is 4.51. The lowest BCUT2D eigenvalue weighted by atomic mass is 10.1. The summed E-state index contributed by atoms with van der Waals surface area (Å²) >= 11 is 0. The van der Waals surface area contributed by atoms with Gasteiger partial charge in [0.15, 0.2) is 11.5 Å². The molecule has 0 aromatic heterocycles. The molecule has 31 heavy (non-hydrogen) atoms. The quantitative estimate of drug-likeness (QED) is 0.764. The first-order chi connectivity index (χ1) is 15.0. The van der Waals surface area contributed by atoms with Crippen LogP contribution in [0.2, 0.25) is 0 Å². The minimum Gasteiger partial charge on any atom is -0.493 e. The van der Waals surface area contributed by atoms with Crippen molar-refractivity contribution in [1.82, 2.24) is 0 Å². The fourth-order valence-corrected chi connectivity index (χ4v) is 4.05. The number of nitrogens with one attached hydrogen (secondary N) is 1. The van der Waals surface area contributed by atoms with Gasteiger partial charge in [0, 0.05) is 30.1 Å². The van der Waals surface area contributed by atoms with E-state index in [1.807, 2.05) is 18.2 Å². The van der Waals surface area contributed by atoms with Gasteiger partial charge in [-0.3, -0.25) is 9.59 Å². The lowest BCUT2D eigenvalue weighted by Gasteiger charge is -2.21. The number of fused-ring (bicyclic) bond motifs is 1. The summed E-state index contributed by atoms with van der Waals surface area (Å²) < 4.78 is 21.5. The van der Waals surface area contributed by atoms with Crippen LogP contribution in [0.15, 0.2) is 30.3 Å². The molecule has 4 rings (SSSR count). The molecule has 1 atom stereocenters. The summed E-state index contributed by atoms with van der Waals surface area (Å²) in [6.45, 7) is 1.25. The molecule has 2 aliphatic heterocycles. The van der Waals surface area contributed by atoms with Crippen molar-refractivity contribution in [2.24, 2.45) is 0 Å². The third kappa shape index (κ3) is 4.03. The van der Waals surface area contributed by atoms with Crippen LogP contribution < -0.4 is 24.4 Å². The Hall–Kier alpha value is -3.26. The van der Waals surface area contributed by atoms with E-state index >= 15 is 0 Å². The van der Waals surface area contributed by atoms with Crippen LogP contribution in [0.25, 0.3) is 0 Å². The number of benzene rings is 2. The van der Waals surface area contributed by atoms with E-state index in [1.54, 1.807) is 17.0 Å². The summed E-state index contributed by atoms with van der Waals surface area (Å²) in [5, 5.41) is 2.90. The van der Waals surface area contributed by atoms with Crippen LogP contribution in [0, 0.1) is 0 Å². The highest BCUT2D eigenvalue weighted by Gasteiger charge is 2.33. The van der Waals surface area contributed by atoms with Crippen LogP contribution >= 0.6 is 0 Å². The SMILES string of the molecule is COc1cc(C(=O)Nc2ccc3c(c2)N(C(=O)C2CCCO2)CC3)cc(OC)c1OC. The Morgan fingerprint density at radius 3 is 2.42 bits per heavy atom. The highest BCUT2D eigenvalue weighted by Crippen LogP contribution is 2.38. The van der Waals surface area contributed by atoms with E-state index in [9.17, 15) is 9.59 Å². The number of hydrogen-bond acceptors (Lipinski definition) is 6. The first kappa shape index (κ1) is 21.0. The molecule has 0 aliphatic carbocycles. The molecule has 164 valence electrons. The number of anilines is 2. The van der Waals surface area contributed by atoms with Crippen molar-refractivity contribution in [2.75, 3.05) is 44.7 Å². The molecular weight excluding hydrogens is 400 g/mol. The fourth-order valence-electron chi connectivity index (χ4n) is 4.05. The van der Waals surface area contributed by atoms with Gasteiger partial charge in [-0.2, -0.15) is 0 Å². The number of carbonyl (C=O) groups excluding carboxylic acids is 2. The summed E-state index contributed by atoms with van der Waals surface area (Å²) in [5.41, 5.74) is 2.87. The van der Waals surface area contributed by atoms with E-state index in [0.717, 1.165) is 30.5 Å². The Kier molecular flexibility index (Phi) is 5.99. The Morgan fingerprint density at radius 2 is 1.81 bits per heavy atom. The lowest BCUT2D eigenvalue weighted by molar-refractivity contribution is -0.127. The lowest BCUT2D eigenvalue weighted by Crippen LogP contribution is -2.37. The molecule has 2 aliphatic rings. The minimum absolute atomic E-state index is 0.00986. The average molecular weight is 426 g/mol. The van der Waals surface area contributed by atoms with Crippen molar-refractivity contribution in [3.63, 3.8) is 0 Å². The van der Waals surface area contributed by atoms with E-state index in [4.69, 9.17) is 18.9 Å². The van der Waals surface area contributed by atoms with Gasteiger partial charge in [-0.15, -0.1) is 0 Å². The van der Waals surface area contributed by atoms with Crippen LogP contribution in [0.1, 0.15) is 28.8 Å². The normalized spacial score (nSPS) is 17.3. The van der Waals surface area contributed by atoms with Gasteiger partial charge in [-0.25, -0.2) is 0 Å².